The average molecular weight is 380 g/mol. The van der Waals surface area contributed by atoms with Gasteiger partial charge in [0, 0.05) is 11.6 Å². The zero-order valence-corrected chi connectivity index (χ0v) is 15.5. The fourth-order valence-electron chi connectivity index (χ4n) is 1.77. The van der Waals surface area contributed by atoms with Crippen molar-refractivity contribution >= 4 is 39.4 Å². The number of nitrogens with one attached hydrogen (secondary N) is 1. The van der Waals surface area contributed by atoms with Crippen LogP contribution in [0.4, 0.5) is 0 Å². The van der Waals surface area contributed by atoms with E-state index in [1.54, 1.807) is 19.1 Å². The van der Waals surface area contributed by atoms with Gasteiger partial charge in [-0.05, 0) is 49.8 Å². The molecule has 0 amide bonds. The van der Waals surface area contributed by atoms with Crippen molar-refractivity contribution in [3.05, 3.63) is 29.3 Å². The van der Waals surface area contributed by atoms with E-state index in [0.29, 0.717) is 23.9 Å². The minimum Gasteiger partial charge on any atom is -0.465 e. The molecule has 0 fully saturated rings. The Labute approximate surface area is 147 Å². The molecule has 1 aromatic carbocycles. The number of benzene rings is 1. The lowest BCUT2D eigenvalue weighted by Gasteiger charge is -2.07. The number of thioether (sulfide) groups is 1. The number of carbonyl (C=O) groups is 1. The monoisotopic (exact) mass is 379 g/mol. The molecule has 130 valence electrons. The molecule has 23 heavy (non-hydrogen) atoms. The van der Waals surface area contributed by atoms with Gasteiger partial charge >= 0.3 is 5.97 Å². The third kappa shape index (κ3) is 8.60. The topological polar surface area (TPSA) is 72.5 Å². The van der Waals surface area contributed by atoms with Crippen LogP contribution in [0.15, 0.2) is 29.2 Å². The number of carbonyl (C=O) groups excluding carboxylic acids is 1. The van der Waals surface area contributed by atoms with Crippen LogP contribution in [0.3, 0.4) is 0 Å². The molecule has 0 atom stereocenters. The number of unbranched alkanes of at least 4 members (excludes halogenated alkanes) is 2. The summed E-state index contributed by atoms with van der Waals surface area (Å²) in [7, 11) is -3.47. The molecule has 0 spiro atoms. The summed E-state index contributed by atoms with van der Waals surface area (Å²) in [6, 6.07) is 6.07. The molecule has 0 aliphatic rings. The van der Waals surface area contributed by atoms with Crippen molar-refractivity contribution in [3.63, 3.8) is 0 Å². The summed E-state index contributed by atoms with van der Waals surface area (Å²) in [5.74, 6) is 1.05. The maximum Gasteiger partial charge on any atom is 0.315 e. The molecule has 0 saturated carbocycles. The van der Waals surface area contributed by atoms with Gasteiger partial charge in [-0.3, -0.25) is 4.79 Å². The molecule has 0 aliphatic heterocycles. The van der Waals surface area contributed by atoms with E-state index in [0.717, 1.165) is 25.0 Å². The maximum atomic E-state index is 12.0. The highest BCUT2D eigenvalue weighted by Crippen LogP contribution is 2.14. The number of hydrogen-bond donors (Lipinski definition) is 1. The van der Waals surface area contributed by atoms with Gasteiger partial charge in [0.2, 0.25) is 10.0 Å². The van der Waals surface area contributed by atoms with Crippen LogP contribution in [0.5, 0.6) is 0 Å². The molecule has 0 saturated heterocycles. The zero-order valence-electron chi connectivity index (χ0n) is 13.1. The van der Waals surface area contributed by atoms with Gasteiger partial charge in [0.15, 0.2) is 0 Å². The first-order valence-electron chi connectivity index (χ1n) is 7.44. The van der Waals surface area contributed by atoms with E-state index in [4.69, 9.17) is 16.3 Å². The molecule has 1 rings (SSSR count). The van der Waals surface area contributed by atoms with Gasteiger partial charge in [-0.1, -0.05) is 18.0 Å². The number of hydrogen-bond acceptors (Lipinski definition) is 5. The first kappa shape index (κ1) is 20.3. The zero-order chi connectivity index (χ0) is 17.1. The van der Waals surface area contributed by atoms with Crippen LogP contribution >= 0.6 is 23.4 Å². The number of rotatable bonds is 11. The Hall–Kier alpha value is -0.760. The Kier molecular flexibility index (Phi) is 9.62. The largest absolute Gasteiger partial charge is 0.465 e. The standard InChI is InChI=1S/C15H22ClNO4S2/c1-2-21-15(18)12-22-11-5-3-4-10-17-23(19,20)14-8-6-13(16)7-9-14/h6-9,17H,2-5,10-12H2,1H3. The lowest BCUT2D eigenvalue weighted by atomic mass is 10.2. The Bertz CT molecular complexity index is 576. The van der Waals surface area contributed by atoms with Crippen molar-refractivity contribution in [1.29, 1.82) is 0 Å². The van der Waals surface area contributed by atoms with Gasteiger partial charge in [0.25, 0.3) is 0 Å². The molecular weight excluding hydrogens is 358 g/mol. The summed E-state index contributed by atoms with van der Waals surface area (Å²) >= 11 is 7.28. The molecule has 0 heterocycles. The highest BCUT2D eigenvalue weighted by molar-refractivity contribution is 7.99. The Balaban J connectivity index is 2.13. The fourth-order valence-corrected chi connectivity index (χ4v) is 3.77. The smallest absolute Gasteiger partial charge is 0.315 e. The Morgan fingerprint density at radius 2 is 1.91 bits per heavy atom. The van der Waals surface area contributed by atoms with Crippen LogP contribution in [0.25, 0.3) is 0 Å². The van der Waals surface area contributed by atoms with Gasteiger partial charge in [0.05, 0.1) is 17.3 Å². The van der Waals surface area contributed by atoms with Gasteiger partial charge < -0.3 is 4.74 Å². The molecule has 1 N–H and O–H groups in total. The molecule has 8 heteroatoms. The van der Waals surface area contributed by atoms with Crippen molar-refractivity contribution in [2.75, 3.05) is 24.7 Å². The van der Waals surface area contributed by atoms with E-state index in [-0.39, 0.29) is 10.9 Å². The summed E-state index contributed by atoms with van der Waals surface area (Å²) in [6.45, 7) is 2.59. The summed E-state index contributed by atoms with van der Waals surface area (Å²) in [5, 5.41) is 0.504. The molecule has 0 bridgehead atoms. The number of halogens is 1. The van der Waals surface area contributed by atoms with Crippen molar-refractivity contribution in [1.82, 2.24) is 4.72 Å². The summed E-state index contributed by atoms with van der Waals surface area (Å²) in [5.41, 5.74) is 0. The number of ether oxygens (including phenoxy) is 1. The van der Waals surface area contributed by atoms with Crippen LogP contribution in [-0.2, 0) is 19.6 Å². The van der Waals surface area contributed by atoms with Crippen molar-refractivity contribution in [3.8, 4) is 0 Å². The van der Waals surface area contributed by atoms with E-state index in [1.807, 2.05) is 0 Å². The van der Waals surface area contributed by atoms with Crippen molar-refractivity contribution < 1.29 is 17.9 Å². The number of esters is 1. The number of sulfonamides is 1. The van der Waals surface area contributed by atoms with Crippen LogP contribution in [0.1, 0.15) is 26.2 Å². The average Bonchev–Trinajstić information content (AvgIpc) is 2.50. The van der Waals surface area contributed by atoms with Crippen molar-refractivity contribution in [2.45, 2.75) is 31.1 Å². The lowest BCUT2D eigenvalue weighted by molar-refractivity contribution is -0.139. The highest BCUT2D eigenvalue weighted by Gasteiger charge is 2.12. The Morgan fingerprint density at radius 1 is 1.22 bits per heavy atom. The Morgan fingerprint density at radius 3 is 2.57 bits per heavy atom. The SMILES string of the molecule is CCOC(=O)CSCCCCCNS(=O)(=O)c1ccc(Cl)cc1. The fraction of sp³-hybridized carbons (Fsp3) is 0.533. The maximum absolute atomic E-state index is 12.0. The van der Waals surface area contributed by atoms with Crippen LogP contribution in [-0.4, -0.2) is 39.0 Å². The highest BCUT2D eigenvalue weighted by atomic mass is 35.5. The van der Waals surface area contributed by atoms with Gasteiger partial charge in [-0.15, -0.1) is 0 Å². The van der Waals surface area contributed by atoms with E-state index in [2.05, 4.69) is 4.72 Å². The molecular formula is C15H22ClNO4S2. The second kappa shape index (κ2) is 10.9. The molecule has 5 nitrogen and oxygen atoms in total. The van der Waals surface area contributed by atoms with E-state index >= 15 is 0 Å². The van der Waals surface area contributed by atoms with Gasteiger partial charge in [-0.25, -0.2) is 13.1 Å². The summed E-state index contributed by atoms with van der Waals surface area (Å²) in [4.78, 5) is 11.3. The molecule has 0 unspecified atom stereocenters. The molecule has 0 aliphatic carbocycles. The quantitative estimate of drug-likeness (QED) is 0.472. The normalized spacial score (nSPS) is 11.4. The second-order valence-corrected chi connectivity index (χ2v) is 8.08. The predicted molar refractivity (Wildman–Crippen MR) is 94.4 cm³/mol. The van der Waals surface area contributed by atoms with Crippen LogP contribution in [0, 0.1) is 0 Å². The van der Waals surface area contributed by atoms with Gasteiger partial charge in [0.1, 0.15) is 0 Å². The molecule has 0 aromatic heterocycles. The minimum absolute atomic E-state index is 0.187. The second-order valence-electron chi connectivity index (χ2n) is 4.77. The lowest BCUT2D eigenvalue weighted by Crippen LogP contribution is -2.24. The summed E-state index contributed by atoms with van der Waals surface area (Å²) in [6.07, 6.45) is 2.60. The van der Waals surface area contributed by atoms with Crippen molar-refractivity contribution in [2.24, 2.45) is 0 Å². The predicted octanol–water partition coefficient (Wildman–Crippen LogP) is 3.08. The van der Waals surface area contributed by atoms with Gasteiger partial charge in [-0.2, -0.15) is 11.8 Å². The van der Waals surface area contributed by atoms with Crippen LogP contribution < -0.4 is 4.72 Å². The molecule has 0 radical (unpaired) electrons. The third-order valence-electron chi connectivity index (χ3n) is 2.91. The first-order chi connectivity index (χ1) is 11.0. The van der Waals surface area contributed by atoms with E-state index in [9.17, 15) is 13.2 Å². The van der Waals surface area contributed by atoms with Crippen LogP contribution in [0.2, 0.25) is 5.02 Å². The minimum atomic E-state index is -3.47. The third-order valence-corrected chi connectivity index (χ3v) is 5.65. The van der Waals surface area contributed by atoms with E-state index in [1.165, 1.54) is 23.9 Å². The molecule has 1 aromatic rings. The summed E-state index contributed by atoms with van der Waals surface area (Å²) < 4.78 is 31.4. The van der Waals surface area contributed by atoms with E-state index < -0.39 is 10.0 Å². The first-order valence-corrected chi connectivity index (χ1v) is 10.5.